The molecule has 30 heavy (non-hydrogen) atoms. The number of fused-ring (bicyclic) bond motifs is 1. The van der Waals surface area contributed by atoms with Gasteiger partial charge in [0.25, 0.3) is 5.91 Å². The summed E-state index contributed by atoms with van der Waals surface area (Å²) in [5.74, 6) is 0.180. The van der Waals surface area contributed by atoms with E-state index in [1.54, 1.807) is 4.90 Å². The van der Waals surface area contributed by atoms with E-state index in [9.17, 15) is 9.59 Å². The van der Waals surface area contributed by atoms with Crippen molar-refractivity contribution in [3.8, 4) is 0 Å². The molecule has 0 aliphatic carbocycles. The van der Waals surface area contributed by atoms with Gasteiger partial charge in [0.1, 0.15) is 0 Å². The van der Waals surface area contributed by atoms with Crippen molar-refractivity contribution in [1.29, 1.82) is 0 Å². The number of likely N-dealkylation sites (N-methyl/N-ethyl adjacent to an activating group) is 1. The first-order valence-electron chi connectivity index (χ1n) is 11.0. The third-order valence-electron chi connectivity index (χ3n) is 6.47. The summed E-state index contributed by atoms with van der Waals surface area (Å²) >= 11 is 0. The van der Waals surface area contributed by atoms with E-state index >= 15 is 0 Å². The molecule has 0 spiro atoms. The largest absolute Gasteiger partial charge is 0.341 e. The maximum Gasteiger partial charge on any atom is 0.254 e. The number of amides is 2. The fraction of sp³-hybridized carbons (Fsp3) is 0.440. The first-order valence-corrected chi connectivity index (χ1v) is 11.0. The molecule has 2 aliphatic rings. The Bertz CT molecular complexity index is 883. The summed E-state index contributed by atoms with van der Waals surface area (Å²) in [5.41, 5.74) is 3.20. The third kappa shape index (κ3) is 4.73. The highest BCUT2D eigenvalue weighted by Crippen LogP contribution is 2.23. The van der Waals surface area contributed by atoms with Gasteiger partial charge in [0.15, 0.2) is 0 Å². The van der Waals surface area contributed by atoms with Gasteiger partial charge in [-0.2, -0.15) is 0 Å². The Hall–Kier alpha value is -2.66. The zero-order chi connectivity index (χ0) is 20.9. The van der Waals surface area contributed by atoms with Crippen LogP contribution in [0.4, 0.5) is 0 Å². The fourth-order valence-corrected chi connectivity index (χ4v) is 4.59. The molecular formula is C25H31N3O2. The second-order valence-corrected chi connectivity index (χ2v) is 8.47. The molecule has 0 N–H and O–H groups in total. The highest BCUT2D eigenvalue weighted by atomic mass is 16.2. The molecular weight excluding hydrogens is 374 g/mol. The molecule has 1 saturated heterocycles. The maximum absolute atomic E-state index is 12.8. The minimum Gasteiger partial charge on any atom is -0.341 e. The zero-order valence-corrected chi connectivity index (χ0v) is 17.8. The molecule has 0 bridgehead atoms. The Kier molecular flexibility index (Phi) is 6.48. The number of hydrogen-bond acceptors (Lipinski definition) is 3. The molecule has 0 radical (unpaired) electrons. The van der Waals surface area contributed by atoms with Crippen molar-refractivity contribution in [3.63, 3.8) is 0 Å². The van der Waals surface area contributed by atoms with Crippen molar-refractivity contribution in [3.05, 3.63) is 71.3 Å². The second kappa shape index (κ2) is 9.43. The van der Waals surface area contributed by atoms with Gasteiger partial charge >= 0.3 is 0 Å². The van der Waals surface area contributed by atoms with Crippen molar-refractivity contribution >= 4 is 11.8 Å². The molecule has 5 nitrogen and oxygen atoms in total. The summed E-state index contributed by atoms with van der Waals surface area (Å²) in [6.07, 6.45) is 3.61. The van der Waals surface area contributed by atoms with E-state index in [4.69, 9.17) is 0 Å². The predicted octanol–water partition coefficient (Wildman–Crippen LogP) is 3.20. The Morgan fingerprint density at radius 3 is 2.63 bits per heavy atom. The Labute approximate surface area is 179 Å². The van der Waals surface area contributed by atoms with Crippen LogP contribution in [0.25, 0.3) is 0 Å². The van der Waals surface area contributed by atoms with Crippen molar-refractivity contribution in [1.82, 2.24) is 14.7 Å². The van der Waals surface area contributed by atoms with E-state index in [-0.39, 0.29) is 17.9 Å². The summed E-state index contributed by atoms with van der Waals surface area (Å²) in [4.78, 5) is 31.5. The number of piperidine rings is 1. The molecule has 4 rings (SSSR count). The van der Waals surface area contributed by atoms with E-state index in [1.165, 1.54) is 5.56 Å². The Morgan fingerprint density at radius 1 is 1.07 bits per heavy atom. The minimum absolute atomic E-state index is 0.0470. The molecule has 2 aromatic carbocycles. The molecule has 0 unspecified atom stereocenters. The molecule has 0 saturated carbocycles. The van der Waals surface area contributed by atoms with Crippen LogP contribution in [0, 0.1) is 0 Å². The lowest BCUT2D eigenvalue weighted by molar-refractivity contribution is -0.133. The van der Waals surface area contributed by atoms with Gasteiger partial charge in [0, 0.05) is 51.3 Å². The average Bonchev–Trinajstić information content (AvgIpc) is 3.12. The Balaban J connectivity index is 1.25. The minimum atomic E-state index is 0.0470. The highest BCUT2D eigenvalue weighted by Gasteiger charge is 2.29. The first-order chi connectivity index (χ1) is 14.6. The lowest BCUT2D eigenvalue weighted by Crippen LogP contribution is -2.49. The molecule has 5 heteroatoms. The van der Waals surface area contributed by atoms with Crippen molar-refractivity contribution in [2.24, 2.45) is 0 Å². The topological polar surface area (TPSA) is 43.9 Å². The number of likely N-dealkylation sites (tertiary alicyclic amines) is 1. The van der Waals surface area contributed by atoms with Crippen LogP contribution < -0.4 is 0 Å². The first kappa shape index (κ1) is 20.6. The lowest BCUT2D eigenvalue weighted by Gasteiger charge is -2.38. The van der Waals surface area contributed by atoms with Crippen LogP contribution in [0.2, 0.25) is 0 Å². The lowest BCUT2D eigenvalue weighted by atomic mass is 10.0. The SMILES string of the molecule is CN(C(=O)CCN1Cc2ccccc2C1=O)[C@H]1CCCN(CCc2ccccc2)C1. The smallest absolute Gasteiger partial charge is 0.254 e. The molecule has 1 fully saturated rings. The summed E-state index contributed by atoms with van der Waals surface area (Å²) < 4.78 is 0. The second-order valence-electron chi connectivity index (χ2n) is 8.47. The van der Waals surface area contributed by atoms with Gasteiger partial charge in [-0.05, 0) is 43.0 Å². The van der Waals surface area contributed by atoms with Crippen LogP contribution in [0.3, 0.4) is 0 Å². The maximum atomic E-state index is 12.8. The predicted molar refractivity (Wildman–Crippen MR) is 118 cm³/mol. The highest BCUT2D eigenvalue weighted by molar-refractivity contribution is 5.98. The summed E-state index contributed by atoms with van der Waals surface area (Å²) in [5, 5.41) is 0. The molecule has 158 valence electrons. The fourth-order valence-electron chi connectivity index (χ4n) is 4.59. The standard InChI is InChI=1S/C25H31N3O2/c1-26(22-11-7-15-27(19-22)16-13-20-8-3-2-4-9-20)24(29)14-17-28-18-21-10-5-6-12-23(21)25(28)30/h2-6,8-10,12,22H,7,11,13-19H2,1H3/t22-/m0/s1. The van der Waals surface area contributed by atoms with E-state index in [1.807, 2.05) is 36.2 Å². The van der Waals surface area contributed by atoms with E-state index in [2.05, 4.69) is 35.2 Å². The molecule has 1 atom stereocenters. The number of rotatable bonds is 7. The molecule has 2 amide bonds. The van der Waals surface area contributed by atoms with Gasteiger partial charge in [-0.3, -0.25) is 9.59 Å². The Morgan fingerprint density at radius 2 is 1.83 bits per heavy atom. The van der Waals surface area contributed by atoms with Crippen molar-refractivity contribution in [2.45, 2.75) is 38.3 Å². The van der Waals surface area contributed by atoms with Gasteiger partial charge in [-0.25, -0.2) is 0 Å². The molecule has 2 aromatic rings. The number of benzene rings is 2. The van der Waals surface area contributed by atoms with Crippen LogP contribution in [0.15, 0.2) is 54.6 Å². The van der Waals surface area contributed by atoms with Gasteiger partial charge < -0.3 is 14.7 Å². The monoisotopic (exact) mass is 405 g/mol. The van der Waals surface area contributed by atoms with Crippen LogP contribution in [0.1, 0.15) is 40.7 Å². The van der Waals surface area contributed by atoms with E-state index < -0.39 is 0 Å². The number of hydrogen-bond donors (Lipinski definition) is 0. The van der Waals surface area contributed by atoms with Gasteiger partial charge in [0.2, 0.25) is 5.91 Å². The quantitative estimate of drug-likeness (QED) is 0.711. The summed E-state index contributed by atoms with van der Waals surface area (Å²) in [7, 11) is 1.92. The van der Waals surface area contributed by atoms with E-state index in [0.29, 0.717) is 19.5 Å². The van der Waals surface area contributed by atoms with Crippen LogP contribution in [0.5, 0.6) is 0 Å². The summed E-state index contributed by atoms with van der Waals surface area (Å²) in [6, 6.07) is 18.6. The van der Waals surface area contributed by atoms with Gasteiger partial charge in [-0.15, -0.1) is 0 Å². The molecule has 2 heterocycles. The third-order valence-corrected chi connectivity index (χ3v) is 6.47. The van der Waals surface area contributed by atoms with Gasteiger partial charge in [0.05, 0.1) is 0 Å². The van der Waals surface area contributed by atoms with Crippen LogP contribution in [-0.2, 0) is 17.8 Å². The van der Waals surface area contributed by atoms with Crippen LogP contribution >= 0.6 is 0 Å². The zero-order valence-electron chi connectivity index (χ0n) is 17.8. The molecule has 2 aliphatic heterocycles. The van der Waals surface area contributed by atoms with E-state index in [0.717, 1.165) is 50.0 Å². The van der Waals surface area contributed by atoms with Crippen molar-refractivity contribution in [2.75, 3.05) is 33.2 Å². The van der Waals surface area contributed by atoms with Crippen LogP contribution in [-0.4, -0.2) is 65.8 Å². The number of nitrogens with zero attached hydrogens (tertiary/aromatic N) is 3. The molecule has 0 aromatic heterocycles. The number of carbonyl (C=O) groups is 2. The number of carbonyl (C=O) groups excluding carboxylic acids is 2. The van der Waals surface area contributed by atoms with Gasteiger partial charge in [-0.1, -0.05) is 48.5 Å². The normalized spacial score (nSPS) is 19.0. The average molecular weight is 406 g/mol. The summed E-state index contributed by atoms with van der Waals surface area (Å²) in [6.45, 7) is 4.17. The van der Waals surface area contributed by atoms with Crippen molar-refractivity contribution < 1.29 is 9.59 Å².